The van der Waals surface area contributed by atoms with Gasteiger partial charge in [0.25, 0.3) is 11.8 Å². The number of esters is 1. The lowest BCUT2D eigenvalue weighted by Crippen LogP contribution is -2.33. The summed E-state index contributed by atoms with van der Waals surface area (Å²) in [4.78, 5) is 36.8. The second-order valence-electron chi connectivity index (χ2n) is 4.82. The van der Waals surface area contributed by atoms with Crippen molar-refractivity contribution in [2.24, 2.45) is 0 Å². The monoisotopic (exact) mass is 311 g/mol. The van der Waals surface area contributed by atoms with Gasteiger partial charge in [0.15, 0.2) is 0 Å². The second-order valence-corrected chi connectivity index (χ2v) is 4.82. The van der Waals surface area contributed by atoms with Crippen LogP contribution in [0.4, 0.5) is 0 Å². The van der Waals surface area contributed by atoms with Gasteiger partial charge in [0, 0.05) is 6.08 Å². The predicted octanol–water partition coefficient (Wildman–Crippen LogP) is 2.13. The van der Waals surface area contributed by atoms with Gasteiger partial charge in [-0.1, -0.05) is 12.1 Å². The van der Waals surface area contributed by atoms with E-state index in [0.29, 0.717) is 16.9 Å². The Hall–Kier alpha value is -3.15. The van der Waals surface area contributed by atoms with Gasteiger partial charge in [-0.3, -0.25) is 14.5 Å². The first-order valence-electron chi connectivity index (χ1n) is 7.00. The summed E-state index contributed by atoms with van der Waals surface area (Å²) in [5.41, 5.74) is 0.753. The molecule has 0 fully saturated rings. The summed E-state index contributed by atoms with van der Waals surface area (Å²) >= 11 is 0. The van der Waals surface area contributed by atoms with Crippen LogP contribution in [0.15, 0.2) is 53.2 Å². The molecule has 0 saturated heterocycles. The summed E-state index contributed by atoms with van der Waals surface area (Å²) < 4.78 is 10.0. The molecule has 1 aromatic heterocycles. The standard InChI is InChI=1S/C17H13NO5/c19-15(8-7-12-4-3-10-22-12)23-11-9-18-16(20)13-5-1-2-6-14(13)17(18)21/h1-8,10H,9,11H2. The number of amides is 2. The molecule has 0 radical (unpaired) electrons. The highest BCUT2D eigenvalue weighted by Crippen LogP contribution is 2.21. The van der Waals surface area contributed by atoms with E-state index in [2.05, 4.69) is 0 Å². The minimum Gasteiger partial charge on any atom is -0.465 e. The number of carbonyl (C=O) groups excluding carboxylic acids is 3. The molecule has 116 valence electrons. The molecule has 0 saturated carbocycles. The summed E-state index contributed by atoms with van der Waals surface area (Å²) in [5.74, 6) is -0.777. The van der Waals surface area contributed by atoms with Gasteiger partial charge in [0.1, 0.15) is 12.4 Å². The van der Waals surface area contributed by atoms with Crippen LogP contribution in [0.2, 0.25) is 0 Å². The van der Waals surface area contributed by atoms with Crippen LogP contribution in [0.5, 0.6) is 0 Å². The van der Waals surface area contributed by atoms with E-state index in [1.54, 1.807) is 36.4 Å². The van der Waals surface area contributed by atoms with E-state index >= 15 is 0 Å². The summed E-state index contributed by atoms with van der Waals surface area (Å²) in [6.07, 6.45) is 4.19. The molecule has 0 aliphatic carbocycles. The third-order valence-electron chi connectivity index (χ3n) is 3.36. The Morgan fingerprint density at radius 3 is 2.39 bits per heavy atom. The predicted molar refractivity (Wildman–Crippen MR) is 80.5 cm³/mol. The highest BCUT2D eigenvalue weighted by Gasteiger charge is 2.34. The molecule has 0 N–H and O–H groups in total. The third kappa shape index (κ3) is 3.06. The fourth-order valence-corrected chi connectivity index (χ4v) is 2.26. The molecule has 0 atom stereocenters. The number of benzene rings is 1. The first-order valence-corrected chi connectivity index (χ1v) is 7.00. The van der Waals surface area contributed by atoms with Gasteiger partial charge < -0.3 is 9.15 Å². The molecular formula is C17H13NO5. The molecule has 1 aliphatic rings. The molecule has 23 heavy (non-hydrogen) atoms. The van der Waals surface area contributed by atoms with Crippen LogP contribution in [-0.4, -0.2) is 35.8 Å². The topological polar surface area (TPSA) is 76.8 Å². The average molecular weight is 311 g/mol. The molecular weight excluding hydrogens is 298 g/mol. The summed E-state index contributed by atoms with van der Waals surface area (Å²) in [7, 11) is 0. The Labute approximate surface area is 131 Å². The molecule has 2 amide bonds. The first-order chi connectivity index (χ1) is 11.2. The van der Waals surface area contributed by atoms with E-state index in [0.717, 1.165) is 4.90 Å². The van der Waals surface area contributed by atoms with Crippen LogP contribution in [0.25, 0.3) is 6.08 Å². The van der Waals surface area contributed by atoms with E-state index in [-0.39, 0.29) is 25.0 Å². The van der Waals surface area contributed by atoms with E-state index < -0.39 is 5.97 Å². The van der Waals surface area contributed by atoms with Crippen molar-refractivity contribution in [1.29, 1.82) is 0 Å². The van der Waals surface area contributed by atoms with Crippen molar-refractivity contribution in [3.63, 3.8) is 0 Å². The maximum absolute atomic E-state index is 12.1. The van der Waals surface area contributed by atoms with Crippen LogP contribution >= 0.6 is 0 Å². The van der Waals surface area contributed by atoms with Crippen molar-refractivity contribution >= 4 is 23.9 Å². The van der Waals surface area contributed by atoms with Gasteiger partial charge >= 0.3 is 5.97 Å². The lowest BCUT2D eigenvalue weighted by Gasteiger charge is -2.13. The zero-order chi connectivity index (χ0) is 16.2. The lowest BCUT2D eigenvalue weighted by molar-refractivity contribution is -0.137. The van der Waals surface area contributed by atoms with E-state index in [1.807, 2.05) is 0 Å². The quantitative estimate of drug-likeness (QED) is 0.480. The number of ether oxygens (including phenoxy) is 1. The van der Waals surface area contributed by atoms with Crippen molar-refractivity contribution in [2.75, 3.05) is 13.2 Å². The molecule has 1 aromatic carbocycles. The van der Waals surface area contributed by atoms with E-state index in [9.17, 15) is 14.4 Å². The number of carbonyl (C=O) groups is 3. The normalized spacial score (nSPS) is 13.7. The Morgan fingerprint density at radius 1 is 1.09 bits per heavy atom. The smallest absolute Gasteiger partial charge is 0.330 e. The summed E-state index contributed by atoms with van der Waals surface area (Å²) in [6.45, 7) is -0.0422. The molecule has 6 heteroatoms. The molecule has 0 unspecified atom stereocenters. The largest absolute Gasteiger partial charge is 0.465 e. The maximum atomic E-state index is 12.1. The maximum Gasteiger partial charge on any atom is 0.330 e. The molecule has 6 nitrogen and oxygen atoms in total. The number of fused-ring (bicyclic) bond motifs is 1. The van der Waals surface area contributed by atoms with Crippen molar-refractivity contribution < 1.29 is 23.5 Å². The lowest BCUT2D eigenvalue weighted by atomic mass is 10.1. The summed E-state index contributed by atoms with van der Waals surface area (Å²) in [5, 5.41) is 0. The SMILES string of the molecule is O=C(C=Cc1ccco1)OCCN1C(=O)c2ccccc2C1=O. The number of nitrogens with zero attached hydrogens (tertiary/aromatic N) is 1. The molecule has 1 aliphatic heterocycles. The number of imide groups is 1. The minimum absolute atomic E-state index is 0.0205. The van der Waals surface area contributed by atoms with Gasteiger partial charge in [-0.15, -0.1) is 0 Å². The highest BCUT2D eigenvalue weighted by molar-refractivity contribution is 6.21. The van der Waals surface area contributed by atoms with Crippen molar-refractivity contribution in [1.82, 2.24) is 4.90 Å². The number of hydrogen-bond acceptors (Lipinski definition) is 5. The summed E-state index contributed by atoms with van der Waals surface area (Å²) in [6, 6.07) is 10.0. The number of hydrogen-bond donors (Lipinski definition) is 0. The fourth-order valence-electron chi connectivity index (χ4n) is 2.26. The van der Waals surface area contributed by atoms with E-state index in [1.165, 1.54) is 18.4 Å². The second kappa shape index (κ2) is 6.31. The van der Waals surface area contributed by atoms with Crippen LogP contribution < -0.4 is 0 Å². The number of furan rings is 1. The van der Waals surface area contributed by atoms with Crippen molar-refractivity contribution in [3.8, 4) is 0 Å². The van der Waals surface area contributed by atoms with Crippen molar-refractivity contribution in [2.45, 2.75) is 0 Å². The van der Waals surface area contributed by atoms with Gasteiger partial charge in [-0.2, -0.15) is 0 Å². The van der Waals surface area contributed by atoms with Crippen LogP contribution in [-0.2, 0) is 9.53 Å². The molecule has 2 heterocycles. The first kappa shape index (κ1) is 14.8. The zero-order valence-corrected chi connectivity index (χ0v) is 12.1. The van der Waals surface area contributed by atoms with Gasteiger partial charge in [0.2, 0.25) is 0 Å². The third-order valence-corrected chi connectivity index (χ3v) is 3.36. The molecule has 3 rings (SSSR count). The minimum atomic E-state index is -0.571. The molecule has 0 spiro atoms. The van der Waals surface area contributed by atoms with E-state index in [4.69, 9.17) is 9.15 Å². The average Bonchev–Trinajstić information content (AvgIpc) is 3.16. The van der Waals surface area contributed by atoms with Crippen LogP contribution in [0, 0.1) is 0 Å². The molecule has 2 aromatic rings. The molecule has 0 bridgehead atoms. The fraction of sp³-hybridized carbons (Fsp3) is 0.118. The van der Waals surface area contributed by atoms with Gasteiger partial charge in [-0.05, 0) is 30.3 Å². The zero-order valence-electron chi connectivity index (χ0n) is 12.1. The Bertz CT molecular complexity index is 741. The van der Waals surface area contributed by atoms with Crippen LogP contribution in [0.1, 0.15) is 26.5 Å². The Kier molecular flexibility index (Phi) is 4.05. The Balaban J connectivity index is 1.53. The van der Waals surface area contributed by atoms with Crippen LogP contribution in [0.3, 0.4) is 0 Å². The van der Waals surface area contributed by atoms with Crippen molar-refractivity contribution in [3.05, 3.63) is 65.6 Å². The Morgan fingerprint density at radius 2 is 1.78 bits per heavy atom. The highest BCUT2D eigenvalue weighted by atomic mass is 16.5. The van der Waals surface area contributed by atoms with Gasteiger partial charge in [-0.25, -0.2) is 4.79 Å². The van der Waals surface area contributed by atoms with Gasteiger partial charge in [0.05, 0.1) is 23.9 Å². The number of rotatable bonds is 5.